The third-order valence-corrected chi connectivity index (χ3v) is 6.61. The first kappa shape index (κ1) is 27.1. The number of anilines is 1. The number of hydrogen-bond donors (Lipinski definition) is 3. The molecule has 2 aromatic carbocycles. The Morgan fingerprint density at radius 1 is 1.05 bits per heavy atom. The van der Waals surface area contributed by atoms with E-state index in [9.17, 15) is 27.2 Å². The van der Waals surface area contributed by atoms with Gasteiger partial charge in [-0.2, -0.15) is 13.2 Å². The molecule has 0 fully saturated rings. The second-order valence-corrected chi connectivity index (χ2v) is 8.91. The van der Waals surface area contributed by atoms with Crippen LogP contribution in [0, 0.1) is 12.7 Å². The molecule has 3 N–H and O–H groups in total. The van der Waals surface area contributed by atoms with Gasteiger partial charge in [0.05, 0.1) is 22.4 Å². The molecule has 0 unspecified atom stereocenters. The number of benzene rings is 2. The highest BCUT2D eigenvalue weighted by Gasteiger charge is 2.41. The molecule has 0 atom stereocenters. The van der Waals surface area contributed by atoms with Crippen LogP contribution in [-0.2, 0) is 11.0 Å². The van der Waals surface area contributed by atoms with Crippen molar-refractivity contribution < 1.29 is 27.2 Å². The van der Waals surface area contributed by atoms with Crippen LogP contribution >= 0.6 is 0 Å². The molecule has 200 valence electrons. The average Bonchev–Trinajstić information content (AvgIpc) is 3.38. The van der Waals surface area contributed by atoms with Crippen molar-refractivity contribution in [3.05, 3.63) is 76.4 Å². The molecule has 2 heterocycles. The van der Waals surface area contributed by atoms with E-state index in [1.54, 1.807) is 24.3 Å². The van der Waals surface area contributed by atoms with Gasteiger partial charge in [0.1, 0.15) is 5.82 Å². The Balaban J connectivity index is 1.79. The lowest BCUT2D eigenvalue weighted by Crippen LogP contribution is -2.35. The third-order valence-electron chi connectivity index (χ3n) is 6.61. The molecule has 0 aliphatic carbocycles. The lowest BCUT2D eigenvalue weighted by molar-refractivity contribution is -0.138. The number of amides is 2. The van der Waals surface area contributed by atoms with E-state index in [2.05, 4.69) is 15.6 Å². The minimum atomic E-state index is -4.88. The number of H-pyrrole nitrogens is 1. The average molecular weight is 529 g/mol. The van der Waals surface area contributed by atoms with E-state index in [0.717, 1.165) is 19.2 Å². The van der Waals surface area contributed by atoms with E-state index in [1.807, 2.05) is 18.7 Å². The summed E-state index contributed by atoms with van der Waals surface area (Å²) in [6, 6.07) is 10.8. The van der Waals surface area contributed by atoms with Crippen LogP contribution < -0.4 is 10.6 Å². The molecule has 2 amide bonds. The lowest BCUT2D eigenvalue weighted by Gasteiger charge is -2.18. The van der Waals surface area contributed by atoms with Gasteiger partial charge in [-0.05, 0) is 43.8 Å². The Morgan fingerprint density at radius 2 is 1.74 bits per heavy atom. The van der Waals surface area contributed by atoms with Gasteiger partial charge in [-0.1, -0.05) is 44.2 Å². The van der Waals surface area contributed by atoms with E-state index >= 15 is 0 Å². The maximum Gasteiger partial charge on any atom is 0.419 e. The smallest absolute Gasteiger partial charge is 0.358 e. The lowest BCUT2D eigenvalue weighted by atomic mass is 9.93. The molecule has 1 aliphatic heterocycles. The molecule has 1 aromatic heterocycles. The second kappa shape index (κ2) is 10.8. The first-order chi connectivity index (χ1) is 18.1. The molecule has 10 heteroatoms. The number of alkyl halides is 3. The molecule has 0 saturated heterocycles. The number of aryl methyl sites for hydroxylation is 1. The fraction of sp³-hybridized carbons (Fsp3) is 0.286. The minimum absolute atomic E-state index is 0.0190. The number of halogens is 4. The van der Waals surface area contributed by atoms with E-state index in [4.69, 9.17) is 0 Å². The number of aromatic nitrogens is 1. The Bertz CT molecular complexity index is 1400. The largest absolute Gasteiger partial charge is 0.419 e. The number of aromatic amines is 1. The number of carbonyl (C=O) groups excluding carboxylic acids is 2. The Morgan fingerprint density at radius 3 is 2.39 bits per heavy atom. The number of hydrogen-bond acceptors (Lipinski definition) is 3. The van der Waals surface area contributed by atoms with Gasteiger partial charge < -0.3 is 20.5 Å². The highest BCUT2D eigenvalue weighted by atomic mass is 19.4. The molecule has 0 radical (unpaired) electrons. The maximum absolute atomic E-state index is 14.6. The Kier molecular flexibility index (Phi) is 7.73. The molecule has 0 spiro atoms. The molecule has 1 aliphatic rings. The van der Waals surface area contributed by atoms with Crippen LogP contribution in [0.25, 0.3) is 22.8 Å². The van der Waals surface area contributed by atoms with Gasteiger partial charge in [0.2, 0.25) is 0 Å². The van der Waals surface area contributed by atoms with Crippen LogP contribution in [0.2, 0.25) is 0 Å². The zero-order valence-electron chi connectivity index (χ0n) is 21.2. The summed E-state index contributed by atoms with van der Waals surface area (Å²) in [5.74, 6) is -2.02. The monoisotopic (exact) mass is 528 g/mol. The normalized spacial score (nSPS) is 14.2. The van der Waals surface area contributed by atoms with Crippen LogP contribution in [0.15, 0.2) is 42.5 Å². The standard InChI is InChI=1S/C28H28F4N4O2/c1-4-36(5-2)14-13-33-27(38)23-16(3)34-22(25(23)28(30,31)32)15-19-24-18(17-9-6-7-11-20(17)29)10-8-12-21(24)35-26(19)37/h6-12,15,34H,4-5,13-14H2,1-3H3,(H,33,38)(H,35,37)/b19-15-. The first-order valence-corrected chi connectivity index (χ1v) is 12.3. The highest BCUT2D eigenvalue weighted by Crippen LogP contribution is 2.43. The summed E-state index contributed by atoms with van der Waals surface area (Å²) < 4.78 is 57.6. The quantitative estimate of drug-likeness (QED) is 0.259. The van der Waals surface area contributed by atoms with Crippen molar-refractivity contribution in [2.45, 2.75) is 26.9 Å². The van der Waals surface area contributed by atoms with Gasteiger partial charge in [0, 0.05) is 35.6 Å². The van der Waals surface area contributed by atoms with Crippen LogP contribution in [0.1, 0.15) is 46.7 Å². The molecular weight excluding hydrogens is 500 g/mol. The third kappa shape index (κ3) is 5.22. The van der Waals surface area contributed by atoms with Gasteiger partial charge in [-0.15, -0.1) is 0 Å². The minimum Gasteiger partial charge on any atom is -0.358 e. The fourth-order valence-electron chi connectivity index (χ4n) is 4.73. The molecular formula is C28H28F4N4O2. The van der Waals surface area contributed by atoms with Crippen molar-refractivity contribution in [3.8, 4) is 11.1 Å². The van der Waals surface area contributed by atoms with Crippen molar-refractivity contribution >= 4 is 29.2 Å². The van der Waals surface area contributed by atoms with E-state index in [0.29, 0.717) is 17.8 Å². The highest BCUT2D eigenvalue weighted by molar-refractivity contribution is 6.36. The maximum atomic E-state index is 14.6. The Labute approximate surface area is 217 Å². The van der Waals surface area contributed by atoms with E-state index in [1.165, 1.54) is 25.1 Å². The van der Waals surface area contributed by atoms with Gasteiger partial charge in [-0.25, -0.2) is 4.39 Å². The molecule has 0 bridgehead atoms. The first-order valence-electron chi connectivity index (χ1n) is 12.3. The predicted molar refractivity (Wildman–Crippen MR) is 139 cm³/mol. The summed E-state index contributed by atoms with van der Waals surface area (Å²) in [5, 5.41) is 5.22. The molecule has 3 aromatic rings. The van der Waals surface area contributed by atoms with E-state index < -0.39 is 40.6 Å². The van der Waals surface area contributed by atoms with Crippen molar-refractivity contribution in [2.75, 3.05) is 31.5 Å². The number of likely N-dealkylation sites (N-methyl/N-ethyl adjacent to an activating group) is 1. The van der Waals surface area contributed by atoms with Crippen LogP contribution in [-0.4, -0.2) is 47.9 Å². The number of fused-ring (bicyclic) bond motifs is 1. The van der Waals surface area contributed by atoms with Crippen molar-refractivity contribution in [2.24, 2.45) is 0 Å². The topological polar surface area (TPSA) is 77.2 Å². The van der Waals surface area contributed by atoms with Crippen LogP contribution in [0.5, 0.6) is 0 Å². The predicted octanol–water partition coefficient (Wildman–Crippen LogP) is 5.71. The number of rotatable bonds is 8. The second-order valence-electron chi connectivity index (χ2n) is 8.91. The van der Waals surface area contributed by atoms with Crippen molar-refractivity contribution in [3.63, 3.8) is 0 Å². The van der Waals surface area contributed by atoms with Crippen LogP contribution in [0.4, 0.5) is 23.2 Å². The molecule has 6 nitrogen and oxygen atoms in total. The van der Waals surface area contributed by atoms with Gasteiger partial charge in [0.25, 0.3) is 11.8 Å². The van der Waals surface area contributed by atoms with E-state index in [-0.39, 0.29) is 28.9 Å². The number of nitrogens with zero attached hydrogens (tertiary/aromatic N) is 1. The van der Waals surface area contributed by atoms with Crippen molar-refractivity contribution in [1.82, 2.24) is 15.2 Å². The van der Waals surface area contributed by atoms with Gasteiger partial charge in [0.15, 0.2) is 0 Å². The summed E-state index contributed by atoms with van der Waals surface area (Å²) in [4.78, 5) is 30.5. The summed E-state index contributed by atoms with van der Waals surface area (Å²) in [5.41, 5.74) is -0.955. The number of nitrogens with one attached hydrogen (secondary N) is 3. The summed E-state index contributed by atoms with van der Waals surface area (Å²) in [6.07, 6.45) is -3.81. The summed E-state index contributed by atoms with van der Waals surface area (Å²) >= 11 is 0. The zero-order valence-corrected chi connectivity index (χ0v) is 21.2. The van der Waals surface area contributed by atoms with Gasteiger partial charge >= 0.3 is 6.18 Å². The molecule has 4 rings (SSSR count). The number of carbonyl (C=O) groups is 2. The fourth-order valence-corrected chi connectivity index (χ4v) is 4.73. The SMILES string of the molecule is CCN(CC)CCNC(=O)c1c(C)[nH]c(/C=C2\C(=O)Nc3cccc(-c4ccccc4F)c32)c1C(F)(F)F. The zero-order chi connectivity index (χ0) is 27.6. The van der Waals surface area contributed by atoms with Crippen LogP contribution in [0.3, 0.4) is 0 Å². The molecule has 0 saturated carbocycles. The molecule has 38 heavy (non-hydrogen) atoms. The summed E-state index contributed by atoms with van der Waals surface area (Å²) in [7, 11) is 0. The van der Waals surface area contributed by atoms with Crippen molar-refractivity contribution in [1.29, 1.82) is 0 Å². The van der Waals surface area contributed by atoms with Gasteiger partial charge in [-0.3, -0.25) is 9.59 Å². The summed E-state index contributed by atoms with van der Waals surface area (Å²) in [6.45, 7) is 7.47. The Hall–Kier alpha value is -3.92.